The zero-order chi connectivity index (χ0) is 13.4. The van der Waals surface area contributed by atoms with Crippen LogP contribution in [0.15, 0.2) is 30.3 Å². The predicted molar refractivity (Wildman–Crippen MR) is 57.6 cm³/mol. The minimum absolute atomic E-state index is 0.0531. The third-order valence-electron chi connectivity index (χ3n) is 3.09. The Morgan fingerprint density at radius 1 is 0.889 bits per heavy atom. The summed E-state index contributed by atoms with van der Waals surface area (Å²) in [5, 5.41) is 1.91. The van der Waals surface area contributed by atoms with Crippen molar-refractivity contribution in [2.75, 3.05) is 5.32 Å². The summed E-state index contributed by atoms with van der Waals surface area (Å²) < 4.78 is 67.5. The van der Waals surface area contributed by atoms with Crippen molar-refractivity contribution in [3.8, 4) is 0 Å². The van der Waals surface area contributed by atoms with Gasteiger partial charge in [0.1, 0.15) is 0 Å². The summed E-state index contributed by atoms with van der Waals surface area (Å²) in [5.74, 6) is -12.5. The van der Waals surface area contributed by atoms with Gasteiger partial charge in [-0.05, 0) is 18.6 Å². The fourth-order valence-electron chi connectivity index (χ4n) is 2.05. The highest BCUT2D eigenvalue weighted by molar-refractivity contribution is 5.45. The average Bonchev–Trinajstić information content (AvgIpc) is 2.28. The highest BCUT2D eigenvalue weighted by Gasteiger charge is 2.71. The molecular formula is C12H12F5N. The molecule has 0 spiro atoms. The van der Waals surface area contributed by atoms with E-state index in [4.69, 9.17) is 0 Å². The number of hydrogen-bond donors (Lipinski definition) is 1. The Morgan fingerprint density at radius 2 is 1.50 bits per heavy atom. The topological polar surface area (TPSA) is 12.0 Å². The maximum atomic E-state index is 14.2. The van der Waals surface area contributed by atoms with Crippen molar-refractivity contribution in [2.45, 2.75) is 36.9 Å². The molecular weight excluding hydrogens is 253 g/mol. The van der Waals surface area contributed by atoms with Crippen molar-refractivity contribution in [3.05, 3.63) is 30.3 Å². The Hall–Kier alpha value is -1.33. The van der Waals surface area contributed by atoms with Gasteiger partial charge in [-0.25, -0.2) is 4.39 Å². The minimum atomic E-state index is -4.73. The molecule has 1 saturated carbocycles. The lowest BCUT2D eigenvalue weighted by molar-refractivity contribution is -0.284. The Morgan fingerprint density at radius 3 is 2.11 bits per heavy atom. The summed E-state index contributed by atoms with van der Waals surface area (Å²) in [4.78, 5) is 0. The van der Waals surface area contributed by atoms with E-state index in [1.807, 2.05) is 5.32 Å². The summed E-state index contributed by atoms with van der Waals surface area (Å²) in [5.41, 5.74) is 0.0531. The second kappa shape index (κ2) is 4.10. The van der Waals surface area contributed by atoms with Crippen molar-refractivity contribution in [1.82, 2.24) is 0 Å². The zero-order valence-corrected chi connectivity index (χ0v) is 9.40. The summed E-state index contributed by atoms with van der Waals surface area (Å²) >= 11 is 0. The molecule has 1 aliphatic rings. The van der Waals surface area contributed by atoms with Crippen LogP contribution < -0.4 is 5.32 Å². The van der Waals surface area contributed by atoms with Gasteiger partial charge in [0.2, 0.25) is 0 Å². The molecule has 100 valence electrons. The van der Waals surface area contributed by atoms with Crippen molar-refractivity contribution >= 4 is 5.69 Å². The van der Waals surface area contributed by atoms with Crippen molar-refractivity contribution < 1.29 is 22.0 Å². The lowest BCUT2D eigenvalue weighted by Gasteiger charge is -2.42. The van der Waals surface area contributed by atoms with E-state index in [-0.39, 0.29) is 12.1 Å². The molecule has 1 nitrogen and oxygen atoms in total. The zero-order valence-electron chi connectivity index (χ0n) is 9.40. The van der Waals surface area contributed by atoms with Gasteiger partial charge in [0.15, 0.2) is 0 Å². The smallest absolute Gasteiger partial charge is 0.348 e. The van der Waals surface area contributed by atoms with Gasteiger partial charge < -0.3 is 5.32 Å². The Kier molecular flexibility index (Phi) is 2.99. The van der Waals surface area contributed by atoms with Crippen LogP contribution in [0.2, 0.25) is 0 Å². The largest absolute Gasteiger partial charge is 0.361 e. The summed E-state index contributed by atoms with van der Waals surface area (Å²) in [6, 6.07) is 7.33. The van der Waals surface area contributed by atoms with E-state index in [9.17, 15) is 22.0 Å². The number of rotatable bonds is 2. The van der Waals surface area contributed by atoms with Gasteiger partial charge in [-0.2, -0.15) is 17.6 Å². The van der Waals surface area contributed by atoms with E-state index in [1.54, 1.807) is 6.07 Å². The molecule has 1 unspecified atom stereocenters. The first-order chi connectivity index (χ1) is 8.29. The maximum Gasteiger partial charge on any atom is 0.361 e. The standard InChI is InChI=1S/C12H12F5N/c13-10(14)7-4-8-11(15,12(10,16)17)18-9-5-2-1-3-6-9/h1-3,5-6,18H,4,7-8H2. The molecule has 1 aliphatic carbocycles. The number of hydrogen-bond acceptors (Lipinski definition) is 1. The summed E-state index contributed by atoms with van der Waals surface area (Å²) in [6.45, 7) is 0. The molecule has 0 heterocycles. The summed E-state index contributed by atoms with van der Waals surface area (Å²) in [6.07, 6.45) is -1.94. The van der Waals surface area contributed by atoms with Crippen LogP contribution in [0.3, 0.4) is 0 Å². The molecule has 0 bridgehead atoms. The molecule has 2 rings (SSSR count). The van der Waals surface area contributed by atoms with E-state index >= 15 is 0 Å². The lowest BCUT2D eigenvalue weighted by Crippen LogP contribution is -2.62. The van der Waals surface area contributed by atoms with Crippen LogP contribution in [0.1, 0.15) is 19.3 Å². The van der Waals surface area contributed by atoms with Crippen molar-refractivity contribution in [1.29, 1.82) is 0 Å². The molecule has 1 aromatic carbocycles. The highest BCUT2D eigenvalue weighted by Crippen LogP contribution is 2.52. The molecule has 6 heteroatoms. The first-order valence-electron chi connectivity index (χ1n) is 5.56. The van der Waals surface area contributed by atoms with Crippen LogP contribution in [0.25, 0.3) is 0 Å². The van der Waals surface area contributed by atoms with Crippen molar-refractivity contribution in [2.24, 2.45) is 0 Å². The first kappa shape index (κ1) is 13.1. The second-order valence-corrected chi connectivity index (χ2v) is 4.42. The molecule has 18 heavy (non-hydrogen) atoms. The van der Waals surface area contributed by atoms with Gasteiger partial charge in [0, 0.05) is 18.5 Å². The maximum absolute atomic E-state index is 14.2. The number of nitrogens with one attached hydrogen (secondary N) is 1. The van der Waals surface area contributed by atoms with Crippen LogP contribution in [-0.2, 0) is 0 Å². The van der Waals surface area contributed by atoms with Crippen LogP contribution in [-0.4, -0.2) is 17.6 Å². The predicted octanol–water partition coefficient (Wildman–Crippen LogP) is 4.22. The van der Waals surface area contributed by atoms with Crippen LogP contribution in [0, 0.1) is 0 Å². The molecule has 0 radical (unpaired) electrons. The monoisotopic (exact) mass is 265 g/mol. The Bertz CT molecular complexity index is 420. The minimum Gasteiger partial charge on any atom is -0.348 e. The molecule has 1 N–H and O–H groups in total. The molecule has 0 saturated heterocycles. The van der Waals surface area contributed by atoms with Crippen LogP contribution >= 0.6 is 0 Å². The number of anilines is 1. The molecule has 1 fully saturated rings. The number of halogens is 5. The van der Waals surface area contributed by atoms with E-state index in [0.29, 0.717) is 0 Å². The highest BCUT2D eigenvalue weighted by atomic mass is 19.3. The molecule has 0 aromatic heterocycles. The van der Waals surface area contributed by atoms with Crippen molar-refractivity contribution in [3.63, 3.8) is 0 Å². The molecule has 1 aromatic rings. The molecule has 1 atom stereocenters. The van der Waals surface area contributed by atoms with E-state index < -0.39 is 30.5 Å². The summed E-state index contributed by atoms with van der Waals surface area (Å²) in [7, 11) is 0. The first-order valence-corrected chi connectivity index (χ1v) is 5.56. The fraction of sp³-hybridized carbons (Fsp3) is 0.500. The third kappa shape index (κ3) is 1.93. The Balaban J connectivity index is 2.29. The fourth-order valence-corrected chi connectivity index (χ4v) is 2.05. The molecule has 0 amide bonds. The van der Waals surface area contributed by atoms with Crippen LogP contribution in [0.4, 0.5) is 27.6 Å². The second-order valence-electron chi connectivity index (χ2n) is 4.42. The quantitative estimate of drug-likeness (QED) is 0.623. The number of alkyl halides is 5. The van der Waals surface area contributed by atoms with Gasteiger partial charge in [-0.1, -0.05) is 18.2 Å². The van der Waals surface area contributed by atoms with E-state index in [2.05, 4.69) is 0 Å². The molecule has 0 aliphatic heterocycles. The SMILES string of the molecule is FC1(F)CCCC(F)(Nc2ccccc2)C1(F)F. The third-order valence-corrected chi connectivity index (χ3v) is 3.09. The number of para-hydroxylation sites is 1. The number of benzene rings is 1. The van der Waals surface area contributed by atoms with Gasteiger partial charge >= 0.3 is 11.8 Å². The van der Waals surface area contributed by atoms with E-state index in [1.165, 1.54) is 24.3 Å². The Labute approximate surface area is 101 Å². The van der Waals surface area contributed by atoms with Gasteiger partial charge in [0.25, 0.3) is 5.79 Å². The van der Waals surface area contributed by atoms with Gasteiger partial charge in [0.05, 0.1) is 0 Å². The van der Waals surface area contributed by atoms with Gasteiger partial charge in [-0.15, -0.1) is 0 Å². The average molecular weight is 265 g/mol. The normalized spacial score (nSPS) is 29.8. The van der Waals surface area contributed by atoms with Gasteiger partial charge in [-0.3, -0.25) is 0 Å². The lowest BCUT2D eigenvalue weighted by atomic mass is 9.85. The van der Waals surface area contributed by atoms with Crippen LogP contribution in [0.5, 0.6) is 0 Å². The van der Waals surface area contributed by atoms with E-state index in [0.717, 1.165) is 0 Å².